The fourth-order valence-corrected chi connectivity index (χ4v) is 1.46. The highest BCUT2D eigenvalue weighted by Gasteiger charge is 1.98. The Hall–Kier alpha value is -1.63. The molecule has 0 bridgehead atoms. The van der Waals surface area contributed by atoms with E-state index in [1.165, 1.54) is 10.9 Å². The molecule has 0 saturated heterocycles. The average Bonchev–Trinajstić information content (AvgIpc) is 2.16. The van der Waals surface area contributed by atoms with Crippen molar-refractivity contribution in [1.29, 1.82) is 0 Å². The van der Waals surface area contributed by atoms with Crippen LogP contribution in [0.25, 0.3) is 16.5 Å². The van der Waals surface area contributed by atoms with Crippen molar-refractivity contribution >= 4 is 16.5 Å². The van der Waals surface area contributed by atoms with Gasteiger partial charge in [0, 0.05) is 5.39 Å². The second-order valence-corrected chi connectivity index (χ2v) is 3.67. The molecule has 0 aliphatic heterocycles. The van der Waals surface area contributed by atoms with E-state index in [1.807, 2.05) is 13.0 Å². The van der Waals surface area contributed by atoms with Gasteiger partial charge in [0.1, 0.15) is 0 Å². The van der Waals surface area contributed by atoms with Crippen molar-refractivity contribution in [2.75, 3.05) is 0 Å². The first-order valence-corrected chi connectivity index (χ1v) is 4.70. The highest BCUT2D eigenvalue weighted by Crippen LogP contribution is 2.17. The molecule has 2 rings (SSSR count). The predicted molar refractivity (Wildman–Crippen MR) is 61.2 cm³/mol. The summed E-state index contributed by atoms with van der Waals surface area (Å²) < 4.78 is 0. The number of allylic oxidation sites excluding steroid dienone is 1. The van der Waals surface area contributed by atoms with Crippen molar-refractivity contribution in [3.05, 3.63) is 48.2 Å². The monoisotopic (exact) mass is 183 g/mol. The number of pyridine rings is 1. The van der Waals surface area contributed by atoms with Gasteiger partial charge in [-0.1, -0.05) is 24.8 Å². The first kappa shape index (κ1) is 8.95. The minimum atomic E-state index is 0.975. The lowest BCUT2D eigenvalue weighted by molar-refractivity contribution is 1.33. The van der Waals surface area contributed by atoms with Crippen LogP contribution in [0.15, 0.2) is 36.9 Å². The third-order valence-corrected chi connectivity index (χ3v) is 2.28. The molecule has 70 valence electrons. The summed E-state index contributed by atoms with van der Waals surface area (Å²) in [5, 5.41) is 1.18. The molecular formula is C13H13N. The van der Waals surface area contributed by atoms with Crippen LogP contribution in [0.2, 0.25) is 0 Å². The third kappa shape index (κ3) is 1.53. The Kier molecular flexibility index (Phi) is 2.08. The Morgan fingerprint density at radius 2 is 1.93 bits per heavy atom. The summed E-state index contributed by atoms with van der Waals surface area (Å²) in [6, 6.07) is 10.4. The molecule has 0 fully saturated rings. The molecule has 0 saturated carbocycles. The number of hydrogen-bond donors (Lipinski definition) is 0. The van der Waals surface area contributed by atoms with Crippen LogP contribution in [0.1, 0.15) is 18.2 Å². The van der Waals surface area contributed by atoms with E-state index in [4.69, 9.17) is 0 Å². The molecule has 1 aromatic carbocycles. The summed E-state index contributed by atoms with van der Waals surface area (Å²) in [5.41, 5.74) is 4.27. The van der Waals surface area contributed by atoms with Crippen LogP contribution < -0.4 is 0 Å². The van der Waals surface area contributed by atoms with E-state index < -0.39 is 0 Å². The number of aromatic nitrogens is 1. The zero-order valence-electron chi connectivity index (χ0n) is 8.54. The van der Waals surface area contributed by atoms with Gasteiger partial charge in [-0.2, -0.15) is 0 Å². The standard InChI is InChI=1S/C13H13N/c1-9(2)12-7-6-11-5-4-10(3)8-13(11)14-12/h4-8H,1H2,2-3H3. The van der Waals surface area contributed by atoms with Crippen LogP contribution in [-0.2, 0) is 0 Å². The Balaban J connectivity index is 2.69. The minimum absolute atomic E-state index is 0.975. The molecule has 1 aromatic heterocycles. The molecule has 0 aliphatic rings. The van der Waals surface area contributed by atoms with Crippen molar-refractivity contribution < 1.29 is 0 Å². The fourth-order valence-electron chi connectivity index (χ4n) is 1.46. The van der Waals surface area contributed by atoms with E-state index in [2.05, 4.69) is 42.8 Å². The second-order valence-electron chi connectivity index (χ2n) is 3.67. The zero-order valence-corrected chi connectivity index (χ0v) is 8.54. The Morgan fingerprint density at radius 1 is 1.21 bits per heavy atom. The van der Waals surface area contributed by atoms with E-state index in [1.54, 1.807) is 0 Å². The minimum Gasteiger partial charge on any atom is -0.248 e. The lowest BCUT2D eigenvalue weighted by Gasteiger charge is -2.02. The van der Waals surface area contributed by atoms with Gasteiger partial charge in [-0.3, -0.25) is 0 Å². The van der Waals surface area contributed by atoms with Gasteiger partial charge in [0.15, 0.2) is 0 Å². The van der Waals surface area contributed by atoms with Gasteiger partial charge in [0.05, 0.1) is 11.2 Å². The van der Waals surface area contributed by atoms with Gasteiger partial charge in [0.25, 0.3) is 0 Å². The molecule has 0 amide bonds. The summed E-state index contributed by atoms with van der Waals surface area (Å²) >= 11 is 0. The molecular weight excluding hydrogens is 170 g/mol. The zero-order chi connectivity index (χ0) is 10.1. The van der Waals surface area contributed by atoms with E-state index in [9.17, 15) is 0 Å². The van der Waals surface area contributed by atoms with E-state index in [-0.39, 0.29) is 0 Å². The van der Waals surface area contributed by atoms with Gasteiger partial charge < -0.3 is 0 Å². The predicted octanol–water partition coefficient (Wildman–Crippen LogP) is 3.58. The molecule has 1 heterocycles. The number of rotatable bonds is 1. The summed E-state index contributed by atoms with van der Waals surface area (Å²) in [7, 11) is 0. The van der Waals surface area contributed by atoms with Crippen molar-refractivity contribution in [2.24, 2.45) is 0 Å². The maximum Gasteiger partial charge on any atom is 0.0712 e. The summed E-state index contributed by atoms with van der Waals surface area (Å²) in [6.45, 7) is 7.95. The molecule has 0 atom stereocenters. The number of hydrogen-bond acceptors (Lipinski definition) is 1. The van der Waals surface area contributed by atoms with E-state index in [0.29, 0.717) is 0 Å². The lowest BCUT2D eigenvalue weighted by Crippen LogP contribution is -1.86. The van der Waals surface area contributed by atoms with E-state index >= 15 is 0 Å². The van der Waals surface area contributed by atoms with Gasteiger partial charge in [-0.05, 0) is 37.1 Å². The highest BCUT2D eigenvalue weighted by atomic mass is 14.7. The van der Waals surface area contributed by atoms with Crippen LogP contribution in [0.5, 0.6) is 0 Å². The molecule has 0 radical (unpaired) electrons. The molecule has 0 unspecified atom stereocenters. The SMILES string of the molecule is C=C(C)c1ccc2ccc(C)cc2n1. The fraction of sp³-hybridized carbons (Fsp3) is 0.154. The van der Waals surface area contributed by atoms with Gasteiger partial charge in [0.2, 0.25) is 0 Å². The van der Waals surface area contributed by atoms with Gasteiger partial charge >= 0.3 is 0 Å². The highest BCUT2D eigenvalue weighted by molar-refractivity contribution is 5.81. The molecule has 2 aromatic rings. The van der Waals surface area contributed by atoms with Gasteiger partial charge in [-0.15, -0.1) is 0 Å². The smallest absolute Gasteiger partial charge is 0.0712 e. The first-order chi connectivity index (χ1) is 6.66. The lowest BCUT2D eigenvalue weighted by atomic mass is 10.1. The number of nitrogens with zero attached hydrogens (tertiary/aromatic N) is 1. The topological polar surface area (TPSA) is 12.9 Å². The number of aryl methyl sites for hydroxylation is 1. The first-order valence-electron chi connectivity index (χ1n) is 4.70. The van der Waals surface area contributed by atoms with Crippen LogP contribution in [0.4, 0.5) is 0 Å². The average molecular weight is 183 g/mol. The Morgan fingerprint density at radius 3 is 2.64 bits per heavy atom. The van der Waals surface area contributed by atoms with E-state index in [0.717, 1.165) is 16.8 Å². The Labute approximate surface area is 84.1 Å². The number of fused-ring (bicyclic) bond motifs is 1. The second kappa shape index (κ2) is 3.26. The van der Waals surface area contributed by atoms with Gasteiger partial charge in [-0.25, -0.2) is 4.98 Å². The van der Waals surface area contributed by atoms with Crippen LogP contribution in [0, 0.1) is 6.92 Å². The van der Waals surface area contributed by atoms with Crippen LogP contribution >= 0.6 is 0 Å². The largest absolute Gasteiger partial charge is 0.248 e. The van der Waals surface area contributed by atoms with Crippen molar-refractivity contribution in [3.8, 4) is 0 Å². The third-order valence-electron chi connectivity index (χ3n) is 2.28. The maximum atomic E-state index is 4.54. The molecule has 0 aliphatic carbocycles. The molecule has 0 N–H and O–H groups in total. The normalized spacial score (nSPS) is 10.4. The van der Waals surface area contributed by atoms with Crippen LogP contribution in [0.3, 0.4) is 0 Å². The molecule has 0 spiro atoms. The van der Waals surface area contributed by atoms with Crippen molar-refractivity contribution in [2.45, 2.75) is 13.8 Å². The molecule has 14 heavy (non-hydrogen) atoms. The number of benzene rings is 1. The van der Waals surface area contributed by atoms with Crippen LogP contribution in [-0.4, -0.2) is 4.98 Å². The Bertz CT molecular complexity index is 498. The van der Waals surface area contributed by atoms with Crippen molar-refractivity contribution in [1.82, 2.24) is 4.98 Å². The molecule has 1 heteroatoms. The summed E-state index contributed by atoms with van der Waals surface area (Å²) in [4.78, 5) is 4.54. The maximum absolute atomic E-state index is 4.54. The summed E-state index contributed by atoms with van der Waals surface area (Å²) in [6.07, 6.45) is 0. The molecule has 1 nitrogen and oxygen atoms in total. The van der Waals surface area contributed by atoms with Crippen molar-refractivity contribution in [3.63, 3.8) is 0 Å². The quantitative estimate of drug-likeness (QED) is 0.658. The summed E-state index contributed by atoms with van der Waals surface area (Å²) in [5.74, 6) is 0.